The van der Waals surface area contributed by atoms with Crippen molar-refractivity contribution in [1.82, 2.24) is 15.1 Å². The highest BCUT2D eigenvalue weighted by molar-refractivity contribution is 6.00. The summed E-state index contributed by atoms with van der Waals surface area (Å²) in [4.78, 5) is 8.96. The molecule has 134 valence electrons. The standard InChI is InChI=1S/C20H22N4O2/c1-5-11-23-13-16-20(24(6-2)14-23)22-19(21-16)10-8-15-7-9-17(25-3)18(12-15)26-4/h1,7,9,12-13,19,21H,6,11,14H2,2-4H3. The number of nitrogens with zero attached hydrogens (tertiary/aromatic N) is 3. The van der Waals surface area contributed by atoms with Crippen molar-refractivity contribution in [2.24, 2.45) is 4.99 Å². The van der Waals surface area contributed by atoms with E-state index in [4.69, 9.17) is 20.9 Å². The number of benzene rings is 1. The van der Waals surface area contributed by atoms with Crippen LogP contribution in [0.4, 0.5) is 0 Å². The molecule has 1 unspecified atom stereocenters. The zero-order chi connectivity index (χ0) is 18.5. The summed E-state index contributed by atoms with van der Waals surface area (Å²) in [5.74, 6) is 11.3. The zero-order valence-corrected chi connectivity index (χ0v) is 15.2. The van der Waals surface area contributed by atoms with Crippen LogP contribution in [0.2, 0.25) is 0 Å². The average Bonchev–Trinajstić information content (AvgIpc) is 3.08. The molecular weight excluding hydrogens is 328 g/mol. The summed E-state index contributed by atoms with van der Waals surface area (Å²) < 4.78 is 10.6. The lowest BCUT2D eigenvalue weighted by Gasteiger charge is -2.34. The van der Waals surface area contributed by atoms with Crippen LogP contribution in [-0.2, 0) is 0 Å². The molecule has 0 fully saturated rings. The van der Waals surface area contributed by atoms with Crippen molar-refractivity contribution in [2.45, 2.75) is 13.1 Å². The lowest BCUT2D eigenvalue weighted by Crippen LogP contribution is -2.45. The SMILES string of the molecule is C#CCN1C=C2NC(C#Cc3ccc(OC)c(OC)c3)N=C2N(CC)C1. The largest absolute Gasteiger partial charge is 0.493 e. The van der Waals surface area contributed by atoms with Gasteiger partial charge < -0.3 is 24.6 Å². The van der Waals surface area contributed by atoms with E-state index in [1.165, 1.54) is 0 Å². The fourth-order valence-corrected chi connectivity index (χ4v) is 2.89. The third-order valence-corrected chi connectivity index (χ3v) is 4.16. The van der Waals surface area contributed by atoms with Gasteiger partial charge in [-0.05, 0) is 31.0 Å². The second kappa shape index (κ2) is 7.76. The van der Waals surface area contributed by atoms with Gasteiger partial charge in [-0.15, -0.1) is 6.42 Å². The Morgan fingerprint density at radius 1 is 1.31 bits per heavy atom. The number of terminal acetylenes is 1. The van der Waals surface area contributed by atoms with Gasteiger partial charge in [0.2, 0.25) is 0 Å². The number of fused-ring (bicyclic) bond motifs is 1. The predicted octanol–water partition coefficient (Wildman–Crippen LogP) is 1.45. The number of aliphatic imine (C=N–C) groups is 1. The lowest BCUT2D eigenvalue weighted by molar-refractivity contribution is 0.261. The third-order valence-electron chi connectivity index (χ3n) is 4.16. The topological polar surface area (TPSA) is 49.3 Å². The molecule has 1 N–H and O–H groups in total. The van der Waals surface area contributed by atoms with E-state index in [-0.39, 0.29) is 6.17 Å². The Balaban J connectivity index is 1.80. The van der Waals surface area contributed by atoms with Crippen molar-refractivity contribution in [2.75, 3.05) is 34.0 Å². The minimum absolute atomic E-state index is 0.288. The number of likely N-dealkylation sites (N-methyl/N-ethyl adjacent to an activating group) is 1. The number of ether oxygens (including phenoxy) is 2. The van der Waals surface area contributed by atoms with Crippen LogP contribution < -0.4 is 14.8 Å². The van der Waals surface area contributed by atoms with Gasteiger partial charge in [0.05, 0.1) is 33.1 Å². The van der Waals surface area contributed by atoms with Gasteiger partial charge in [0.25, 0.3) is 0 Å². The smallest absolute Gasteiger partial charge is 0.184 e. The number of methoxy groups -OCH3 is 2. The number of rotatable bonds is 4. The Kier molecular flexibility index (Phi) is 5.24. The molecule has 0 aliphatic carbocycles. The van der Waals surface area contributed by atoms with Crippen LogP contribution in [0.5, 0.6) is 11.5 Å². The van der Waals surface area contributed by atoms with Crippen LogP contribution >= 0.6 is 0 Å². The molecule has 26 heavy (non-hydrogen) atoms. The number of nitrogens with one attached hydrogen (secondary N) is 1. The summed E-state index contributed by atoms with van der Waals surface area (Å²) in [7, 11) is 3.22. The maximum absolute atomic E-state index is 5.44. The van der Waals surface area contributed by atoms with Crippen LogP contribution in [-0.4, -0.2) is 55.8 Å². The molecule has 0 radical (unpaired) electrons. The van der Waals surface area contributed by atoms with Gasteiger partial charge in [0, 0.05) is 18.3 Å². The predicted molar refractivity (Wildman–Crippen MR) is 102 cm³/mol. The summed E-state index contributed by atoms with van der Waals surface area (Å²) in [6.45, 7) is 4.26. The molecule has 2 aliphatic rings. The zero-order valence-electron chi connectivity index (χ0n) is 15.2. The maximum atomic E-state index is 5.44. The molecule has 1 atom stereocenters. The molecule has 0 aromatic heterocycles. The molecule has 2 heterocycles. The van der Waals surface area contributed by atoms with Crippen LogP contribution in [0.1, 0.15) is 12.5 Å². The third kappa shape index (κ3) is 3.55. The van der Waals surface area contributed by atoms with Crippen LogP contribution in [0.15, 0.2) is 35.1 Å². The molecule has 0 spiro atoms. The van der Waals surface area contributed by atoms with Crippen molar-refractivity contribution in [3.05, 3.63) is 35.7 Å². The Bertz CT molecular complexity index is 842. The Morgan fingerprint density at radius 2 is 2.12 bits per heavy atom. The fourth-order valence-electron chi connectivity index (χ4n) is 2.89. The molecule has 0 saturated heterocycles. The van der Waals surface area contributed by atoms with Crippen molar-refractivity contribution in [1.29, 1.82) is 0 Å². The highest BCUT2D eigenvalue weighted by Gasteiger charge is 2.29. The highest BCUT2D eigenvalue weighted by atomic mass is 16.5. The number of amidine groups is 1. The summed E-state index contributed by atoms with van der Waals surface area (Å²) in [6, 6.07) is 5.60. The van der Waals surface area contributed by atoms with Gasteiger partial charge in [-0.25, -0.2) is 4.99 Å². The summed E-state index contributed by atoms with van der Waals surface area (Å²) in [5, 5.41) is 3.34. The molecule has 0 saturated carbocycles. The first-order valence-corrected chi connectivity index (χ1v) is 8.41. The molecular formula is C20H22N4O2. The number of hydrogen-bond donors (Lipinski definition) is 1. The van der Waals surface area contributed by atoms with E-state index in [9.17, 15) is 0 Å². The van der Waals surface area contributed by atoms with E-state index in [1.807, 2.05) is 24.4 Å². The molecule has 0 bridgehead atoms. The van der Waals surface area contributed by atoms with Crippen molar-refractivity contribution < 1.29 is 9.47 Å². The first kappa shape index (κ1) is 17.6. The molecule has 1 aromatic carbocycles. The van der Waals surface area contributed by atoms with Gasteiger partial charge >= 0.3 is 0 Å². The van der Waals surface area contributed by atoms with Crippen LogP contribution in [0.3, 0.4) is 0 Å². The second-order valence-corrected chi connectivity index (χ2v) is 5.83. The first-order chi connectivity index (χ1) is 12.7. The normalized spacial score (nSPS) is 17.8. The van der Waals surface area contributed by atoms with E-state index in [1.54, 1.807) is 14.2 Å². The van der Waals surface area contributed by atoms with Crippen LogP contribution in [0, 0.1) is 24.2 Å². The number of hydrogen-bond acceptors (Lipinski definition) is 6. The molecule has 0 amide bonds. The van der Waals surface area contributed by atoms with Crippen molar-refractivity contribution >= 4 is 5.84 Å². The highest BCUT2D eigenvalue weighted by Crippen LogP contribution is 2.27. The van der Waals surface area contributed by atoms with Crippen LogP contribution in [0.25, 0.3) is 0 Å². The minimum Gasteiger partial charge on any atom is -0.493 e. The molecule has 1 aromatic rings. The minimum atomic E-state index is -0.288. The van der Waals surface area contributed by atoms with E-state index in [0.717, 1.165) is 30.3 Å². The van der Waals surface area contributed by atoms with E-state index < -0.39 is 0 Å². The van der Waals surface area contributed by atoms with Gasteiger partial charge in [-0.3, -0.25) is 0 Å². The average molecular weight is 350 g/mol. The van der Waals surface area contributed by atoms with Gasteiger partial charge in [-0.2, -0.15) is 0 Å². The summed E-state index contributed by atoms with van der Waals surface area (Å²) in [6.07, 6.45) is 7.16. The quantitative estimate of drug-likeness (QED) is 0.833. The van der Waals surface area contributed by atoms with Gasteiger partial charge in [0.1, 0.15) is 0 Å². The molecule has 2 aliphatic heterocycles. The summed E-state index contributed by atoms with van der Waals surface area (Å²) in [5.41, 5.74) is 1.80. The monoisotopic (exact) mass is 350 g/mol. The maximum Gasteiger partial charge on any atom is 0.184 e. The molecule has 6 heteroatoms. The Labute approximate surface area is 154 Å². The summed E-state index contributed by atoms with van der Waals surface area (Å²) >= 11 is 0. The molecule has 6 nitrogen and oxygen atoms in total. The van der Waals surface area contributed by atoms with E-state index >= 15 is 0 Å². The Morgan fingerprint density at radius 3 is 2.81 bits per heavy atom. The van der Waals surface area contributed by atoms with Crippen molar-refractivity contribution in [3.63, 3.8) is 0 Å². The van der Waals surface area contributed by atoms with E-state index in [0.29, 0.717) is 18.0 Å². The van der Waals surface area contributed by atoms with Gasteiger partial charge in [-0.1, -0.05) is 11.8 Å². The first-order valence-electron chi connectivity index (χ1n) is 8.41. The molecule has 3 rings (SSSR count). The Hall–Kier alpha value is -3.25. The fraction of sp³-hybridized carbons (Fsp3) is 0.350. The van der Waals surface area contributed by atoms with E-state index in [2.05, 4.69) is 39.8 Å². The van der Waals surface area contributed by atoms with Crippen molar-refractivity contribution in [3.8, 4) is 35.7 Å². The second-order valence-electron chi connectivity index (χ2n) is 5.83. The van der Waals surface area contributed by atoms with Gasteiger partial charge in [0.15, 0.2) is 23.5 Å². The lowest BCUT2D eigenvalue weighted by atomic mass is 10.2.